The number of anilines is 2. The Morgan fingerprint density at radius 3 is 1.83 bits per heavy atom. The lowest BCUT2D eigenvalue weighted by molar-refractivity contribution is -0.138. The Balaban J connectivity index is 1.03. The fourth-order valence-corrected chi connectivity index (χ4v) is 8.79. The average Bonchev–Trinajstić information content (AvgIpc) is 4.01. The van der Waals surface area contributed by atoms with Crippen LogP contribution in [0, 0.1) is 0 Å². The summed E-state index contributed by atoms with van der Waals surface area (Å²) in [7, 11) is 0. The zero-order valence-electron chi connectivity index (χ0n) is 38.0. The molecule has 0 saturated heterocycles. The van der Waals surface area contributed by atoms with Crippen molar-refractivity contribution in [3.05, 3.63) is 151 Å². The summed E-state index contributed by atoms with van der Waals surface area (Å²) in [6, 6.07) is 27.0. The number of thiazole rings is 2. The highest BCUT2D eigenvalue weighted by Gasteiger charge is 2.21. The number of hydrogen-bond acceptors (Lipinski definition) is 16. The molecular weight excluding hydrogens is 917 g/mol. The summed E-state index contributed by atoms with van der Waals surface area (Å²) in [6.45, 7) is 8.58. The molecule has 0 saturated carbocycles. The number of nitrogens with zero attached hydrogens (tertiary/aromatic N) is 4. The average molecular weight is 969 g/mol. The van der Waals surface area contributed by atoms with Crippen molar-refractivity contribution in [1.82, 2.24) is 9.97 Å². The first-order chi connectivity index (χ1) is 33.8. The topological polar surface area (TPSA) is 165 Å². The number of carbonyl (C=O) groups is 4. The Hall–Kier alpha value is -7.27. The predicted octanol–water partition coefficient (Wildman–Crippen LogP) is 11.4. The summed E-state index contributed by atoms with van der Waals surface area (Å²) in [4.78, 5) is 59.3. The van der Waals surface area contributed by atoms with E-state index in [1.807, 2.05) is 54.6 Å². The van der Waals surface area contributed by atoms with E-state index in [0.29, 0.717) is 65.6 Å². The molecule has 2 heterocycles. The predicted molar refractivity (Wildman–Crippen MR) is 269 cm³/mol. The second-order valence-corrected chi connectivity index (χ2v) is 17.6. The Morgan fingerprint density at radius 2 is 1.25 bits per heavy atom. The summed E-state index contributed by atoms with van der Waals surface area (Å²) in [5.74, 6) is -1.03. The molecule has 0 bridgehead atoms. The van der Waals surface area contributed by atoms with E-state index in [4.69, 9.17) is 43.5 Å². The number of rotatable bonds is 26. The number of carbonyl (C=O) groups excluding carboxylic acids is 4. The van der Waals surface area contributed by atoms with Gasteiger partial charge < -0.3 is 28.4 Å². The number of unbranched alkanes of at least 4 members (excludes halogenated alkanes) is 6. The largest absolute Gasteiger partial charge is 0.494 e. The molecule has 0 spiro atoms. The first kappa shape index (κ1) is 49.6. The highest BCUT2D eigenvalue weighted by Crippen LogP contribution is 2.38. The number of para-hydroxylation sites is 2. The Bertz CT molecular complexity index is 2690. The molecule has 1 atom stereocenters. The number of esters is 4. The van der Waals surface area contributed by atoms with Gasteiger partial charge in [0.2, 0.25) is 10.3 Å². The molecule has 356 valence electrons. The van der Waals surface area contributed by atoms with Gasteiger partial charge >= 0.3 is 23.9 Å². The molecule has 69 heavy (non-hydrogen) atoms. The van der Waals surface area contributed by atoms with Crippen LogP contribution in [0.2, 0.25) is 0 Å². The fourth-order valence-electron chi connectivity index (χ4n) is 6.88. The van der Waals surface area contributed by atoms with Crippen molar-refractivity contribution in [1.29, 1.82) is 0 Å². The Kier molecular flexibility index (Phi) is 18.5. The van der Waals surface area contributed by atoms with Gasteiger partial charge in [0, 0.05) is 24.3 Å². The number of benzene rings is 4. The van der Waals surface area contributed by atoms with Crippen LogP contribution in [0.5, 0.6) is 17.2 Å². The smallest absolute Gasteiger partial charge is 0.343 e. The van der Waals surface area contributed by atoms with E-state index in [0.717, 1.165) is 84.0 Å². The van der Waals surface area contributed by atoms with Crippen LogP contribution >= 0.6 is 22.7 Å². The Labute approximate surface area is 408 Å². The molecular formula is C53H52N4O10S2. The third kappa shape index (κ3) is 14.9. The molecule has 14 nitrogen and oxygen atoms in total. The van der Waals surface area contributed by atoms with Gasteiger partial charge in [-0.2, -0.15) is 10.1 Å². The van der Waals surface area contributed by atoms with Crippen molar-refractivity contribution >= 4 is 83.5 Å². The second kappa shape index (κ2) is 25.7. The number of hydrazone groups is 1. The van der Waals surface area contributed by atoms with Crippen molar-refractivity contribution in [3.8, 4) is 17.2 Å². The van der Waals surface area contributed by atoms with Gasteiger partial charge in [0.25, 0.3) is 0 Å². The molecule has 0 aliphatic heterocycles. The maximum atomic E-state index is 13.7. The van der Waals surface area contributed by atoms with Gasteiger partial charge in [0.05, 0.1) is 63.7 Å². The van der Waals surface area contributed by atoms with Gasteiger partial charge in [-0.15, -0.1) is 0 Å². The number of fused-ring (bicyclic) bond motifs is 2. The van der Waals surface area contributed by atoms with E-state index in [2.05, 4.69) is 13.2 Å². The van der Waals surface area contributed by atoms with Crippen LogP contribution in [-0.4, -0.2) is 72.6 Å². The van der Waals surface area contributed by atoms with Gasteiger partial charge in [-0.25, -0.2) is 29.1 Å². The molecule has 0 radical (unpaired) electrons. The molecule has 0 N–H and O–H groups in total. The second-order valence-electron chi connectivity index (χ2n) is 15.6. The quantitative estimate of drug-likeness (QED) is 0.0126. The first-order valence-electron chi connectivity index (χ1n) is 22.7. The van der Waals surface area contributed by atoms with Gasteiger partial charge in [-0.1, -0.05) is 78.7 Å². The van der Waals surface area contributed by atoms with Crippen molar-refractivity contribution in [2.75, 3.05) is 31.4 Å². The lowest BCUT2D eigenvalue weighted by Gasteiger charge is -2.17. The SMILES string of the molecule is C=CC(=O)OCCCCCCOc1ccc(C(=O)Oc2ccc(OC(=O)C3=CCC(OCCCCCCOC(=O)C=C)C=C3)cc2/C=N/N(c2nc3ccccc3s2)c2nc3ccccc3s2)cc1. The van der Waals surface area contributed by atoms with Crippen LogP contribution in [0.15, 0.2) is 145 Å². The zero-order valence-corrected chi connectivity index (χ0v) is 39.6. The van der Waals surface area contributed by atoms with Crippen LogP contribution in [0.25, 0.3) is 20.4 Å². The van der Waals surface area contributed by atoms with Crippen molar-refractivity contribution in [2.24, 2.45) is 5.10 Å². The molecule has 16 heteroatoms. The zero-order chi connectivity index (χ0) is 48.2. The first-order valence-corrected chi connectivity index (χ1v) is 24.3. The molecule has 2 aromatic heterocycles. The molecule has 0 amide bonds. The summed E-state index contributed by atoms with van der Waals surface area (Å²) < 4.78 is 35.7. The van der Waals surface area contributed by atoms with Crippen LogP contribution in [0.1, 0.15) is 73.7 Å². The maximum Gasteiger partial charge on any atom is 0.343 e. The molecule has 6 aromatic rings. The van der Waals surface area contributed by atoms with Gasteiger partial charge in [0.1, 0.15) is 17.2 Å². The monoisotopic (exact) mass is 968 g/mol. The van der Waals surface area contributed by atoms with Crippen molar-refractivity contribution < 1.29 is 47.6 Å². The highest BCUT2D eigenvalue weighted by molar-refractivity contribution is 7.24. The molecule has 7 rings (SSSR count). The summed E-state index contributed by atoms with van der Waals surface area (Å²) >= 11 is 2.91. The van der Waals surface area contributed by atoms with E-state index in [1.165, 1.54) is 28.9 Å². The minimum atomic E-state index is -0.617. The van der Waals surface area contributed by atoms with Crippen molar-refractivity contribution in [3.63, 3.8) is 0 Å². The number of aromatic nitrogens is 2. The molecule has 4 aromatic carbocycles. The minimum Gasteiger partial charge on any atom is -0.494 e. The maximum absolute atomic E-state index is 13.7. The summed E-state index contributed by atoms with van der Waals surface area (Å²) in [6.07, 6.45) is 16.4. The third-order valence-electron chi connectivity index (χ3n) is 10.5. The van der Waals surface area contributed by atoms with Crippen LogP contribution in [-0.2, 0) is 28.6 Å². The van der Waals surface area contributed by atoms with Gasteiger partial charge in [-0.3, -0.25) is 0 Å². The Morgan fingerprint density at radius 1 is 0.667 bits per heavy atom. The van der Waals surface area contributed by atoms with E-state index >= 15 is 0 Å². The van der Waals surface area contributed by atoms with Crippen molar-refractivity contribution in [2.45, 2.75) is 63.9 Å². The molecule has 1 aliphatic rings. The van der Waals surface area contributed by atoms with Gasteiger partial charge in [-0.05, 0) is 124 Å². The van der Waals surface area contributed by atoms with Crippen LogP contribution in [0.4, 0.5) is 10.3 Å². The normalized spacial score (nSPS) is 13.2. The number of ether oxygens (including phenoxy) is 6. The summed E-state index contributed by atoms with van der Waals surface area (Å²) in [5, 5.41) is 7.69. The van der Waals surface area contributed by atoms with E-state index in [-0.39, 0.29) is 17.6 Å². The lowest BCUT2D eigenvalue weighted by Crippen LogP contribution is -2.17. The lowest BCUT2D eigenvalue weighted by atomic mass is 10.1. The molecule has 1 aliphatic carbocycles. The standard InChI is InChI=1S/C53H52N4O10S2/c1-3-48(58)64-33-15-7-5-13-31-62-40-25-21-37(22-26-40)50(60)66-42-29-30-45(67-51(61)38-23-27-41(28-24-38)63-32-14-6-8-16-34-65-49(59)4-2)39(35-42)36-54-57(52-55-43-17-9-11-19-46(43)68-52)53-56-44-18-10-12-20-47(44)69-53/h3-4,9-12,17-25,27-30,35-36,40H,1-2,5-8,13-16,26,31-34H2/b54-36+. The fraction of sp³-hybridized carbons (Fsp3) is 0.264. The van der Waals surface area contributed by atoms with Crippen LogP contribution < -0.4 is 19.2 Å². The minimum absolute atomic E-state index is 0.171. The molecule has 1 unspecified atom stereocenters. The van der Waals surface area contributed by atoms with Crippen LogP contribution in [0.3, 0.4) is 0 Å². The highest BCUT2D eigenvalue weighted by atomic mass is 32.1. The number of hydrogen-bond donors (Lipinski definition) is 0. The third-order valence-corrected chi connectivity index (χ3v) is 12.5. The van der Waals surface area contributed by atoms with Gasteiger partial charge in [0.15, 0.2) is 0 Å². The summed E-state index contributed by atoms with van der Waals surface area (Å²) in [5.41, 5.74) is 2.63. The van der Waals surface area contributed by atoms with E-state index < -0.39 is 23.9 Å². The van der Waals surface area contributed by atoms with E-state index in [9.17, 15) is 19.2 Å². The van der Waals surface area contributed by atoms with E-state index in [1.54, 1.807) is 59.6 Å². The molecule has 0 fully saturated rings.